The van der Waals surface area contributed by atoms with Crippen LogP contribution in [0.1, 0.15) is 12.5 Å². The molecule has 0 fully saturated rings. The normalized spacial score (nSPS) is 10.8. The molecule has 2 aromatic heterocycles. The molecule has 0 aliphatic carbocycles. The van der Waals surface area contributed by atoms with E-state index in [2.05, 4.69) is 19.9 Å². The summed E-state index contributed by atoms with van der Waals surface area (Å²) in [7, 11) is 0. The topological polar surface area (TPSA) is 77.6 Å². The molecule has 0 aliphatic rings. The quantitative estimate of drug-likeness (QED) is 0.745. The Morgan fingerprint density at radius 2 is 1.75 bits per heavy atom. The summed E-state index contributed by atoms with van der Waals surface area (Å²) in [5.74, 6) is 0.531. The van der Waals surface area contributed by atoms with Gasteiger partial charge in [-0.3, -0.25) is 0 Å². The summed E-state index contributed by atoms with van der Waals surface area (Å²) in [4.78, 5) is 17.0. The van der Waals surface area contributed by atoms with Gasteiger partial charge in [0.15, 0.2) is 0 Å². The van der Waals surface area contributed by atoms with Gasteiger partial charge in [-0.25, -0.2) is 19.9 Å². The molecule has 6 heteroatoms. The molecule has 0 radical (unpaired) electrons. The van der Waals surface area contributed by atoms with Crippen LogP contribution in [-0.4, -0.2) is 19.9 Å². The van der Waals surface area contributed by atoms with Crippen molar-refractivity contribution in [3.63, 3.8) is 0 Å². The average molecular weight is 283 g/mol. The summed E-state index contributed by atoms with van der Waals surface area (Å²) >= 11 is 1.50. The van der Waals surface area contributed by atoms with Crippen LogP contribution < -0.4 is 5.73 Å². The minimum atomic E-state index is 0.531. The van der Waals surface area contributed by atoms with Gasteiger partial charge < -0.3 is 5.73 Å². The predicted octanol–water partition coefficient (Wildman–Crippen LogP) is 2.72. The van der Waals surface area contributed by atoms with Gasteiger partial charge in [0.2, 0.25) is 0 Å². The Bertz CT molecular complexity index is 754. The van der Waals surface area contributed by atoms with Crippen molar-refractivity contribution in [2.24, 2.45) is 0 Å². The molecule has 0 unspecified atom stereocenters. The fourth-order valence-electron chi connectivity index (χ4n) is 1.98. The van der Waals surface area contributed by atoms with E-state index in [9.17, 15) is 0 Å². The maximum atomic E-state index is 5.90. The number of para-hydroxylation sites is 1. The number of nitrogens with two attached hydrogens (primary N) is 1. The summed E-state index contributed by atoms with van der Waals surface area (Å²) in [5, 5.41) is 2.74. The maximum Gasteiger partial charge on any atom is 0.131 e. The van der Waals surface area contributed by atoms with E-state index in [1.54, 1.807) is 6.33 Å². The number of nitrogens with zero attached hydrogens (tertiary/aromatic N) is 4. The first-order valence-electron chi connectivity index (χ1n) is 6.26. The van der Waals surface area contributed by atoms with Gasteiger partial charge in [0, 0.05) is 10.9 Å². The third kappa shape index (κ3) is 2.30. The van der Waals surface area contributed by atoms with Crippen molar-refractivity contribution in [2.75, 3.05) is 5.73 Å². The molecule has 0 amide bonds. The smallest absolute Gasteiger partial charge is 0.131 e. The lowest BCUT2D eigenvalue weighted by molar-refractivity contribution is 0.949. The van der Waals surface area contributed by atoms with Crippen molar-refractivity contribution >= 4 is 28.5 Å². The highest BCUT2D eigenvalue weighted by Crippen LogP contribution is 2.32. The standard InChI is InChI=1S/C14H13N5S/c1-2-9-12(15)17-8-19-13(9)20-14-10-5-3-4-6-11(10)16-7-18-14/h3-8H,2H2,1H3,(H2,15,17,19). The van der Waals surface area contributed by atoms with Gasteiger partial charge in [0.25, 0.3) is 0 Å². The van der Waals surface area contributed by atoms with Crippen molar-refractivity contribution in [3.05, 3.63) is 42.5 Å². The predicted molar refractivity (Wildman–Crippen MR) is 79.5 cm³/mol. The number of benzene rings is 1. The second-order valence-corrected chi connectivity index (χ2v) is 5.17. The van der Waals surface area contributed by atoms with Crippen LogP contribution in [0.2, 0.25) is 0 Å². The van der Waals surface area contributed by atoms with Crippen LogP contribution in [0.25, 0.3) is 10.9 Å². The van der Waals surface area contributed by atoms with E-state index in [1.165, 1.54) is 18.1 Å². The molecule has 20 heavy (non-hydrogen) atoms. The fourth-order valence-corrected chi connectivity index (χ4v) is 3.02. The van der Waals surface area contributed by atoms with Crippen LogP contribution in [-0.2, 0) is 6.42 Å². The second kappa shape index (κ2) is 5.42. The third-order valence-corrected chi connectivity index (χ3v) is 4.06. The number of nitrogen functional groups attached to an aromatic ring is 1. The number of rotatable bonds is 3. The number of hydrogen-bond donors (Lipinski definition) is 1. The highest BCUT2D eigenvalue weighted by Gasteiger charge is 2.12. The molecular weight excluding hydrogens is 270 g/mol. The van der Waals surface area contributed by atoms with Gasteiger partial charge in [0.1, 0.15) is 28.5 Å². The molecular formula is C14H13N5S. The molecule has 1 aromatic carbocycles. The first-order valence-corrected chi connectivity index (χ1v) is 7.08. The van der Waals surface area contributed by atoms with E-state index < -0.39 is 0 Å². The first kappa shape index (κ1) is 12.8. The number of anilines is 1. The average Bonchev–Trinajstić information content (AvgIpc) is 2.48. The van der Waals surface area contributed by atoms with Crippen LogP contribution in [0.3, 0.4) is 0 Å². The fraction of sp³-hybridized carbons (Fsp3) is 0.143. The summed E-state index contributed by atoms with van der Waals surface area (Å²) in [6.07, 6.45) is 3.85. The maximum absolute atomic E-state index is 5.90. The van der Waals surface area contributed by atoms with Gasteiger partial charge in [-0.15, -0.1) is 0 Å². The molecule has 0 spiro atoms. The Labute approximate surface area is 120 Å². The molecule has 5 nitrogen and oxygen atoms in total. The number of fused-ring (bicyclic) bond motifs is 1. The lowest BCUT2D eigenvalue weighted by Crippen LogP contribution is -2.01. The Kier molecular flexibility index (Phi) is 3.47. The van der Waals surface area contributed by atoms with Crippen molar-refractivity contribution in [1.82, 2.24) is 19.9 Å². The van der Waals surface area contributed by atoms with Crippen molar-refractivity contribution in [1.29, 1.82) is 0 Å². The van der Waals surface area contributed by atoms with Gasteiger partial charge in [-0.05, 0) is 24.2 Å². The summed E-state index contributed by atoms with van der Waals surface area (Å²) in [6, 6.07) is 7.92. The molecule has 2 N–H and O–H groups in total. The zero-order chi connectivity index (χ0) is 13.9. The minimum absolute atomic E-state index is 0.531. The summed E-state index contributed by atoms with van der Waals surface area (Å²) < 4.78 is 0. The van der Waals surface area contributed by atoms with Crippen LogP contribution in [0.15, 0.2) is 47.0 Å². The van der Waals surface area contributed by atoms with E-state index in [0.717, 1.165) is 32.9 Å². The zero-order valence-electron chi connectivity index (χ0n) is 10.9. The van der Waals surface area contributed by atoms with Gasteiger partial charge in [-0.2, -0.15) is 0 Å². The molecule has 0 saturated heterocycles. The van der Waals surface area contributed by atoms with Crippen molar-refractivity contribution in [2.45, 2.75) is 23.4 Å². The van der Waals surface area contributed by atoms with Crippen molar-refractivity contribution in [3.8, 4) is 0 Å². The van der Waals surface area contributed by atoms with Gasteiger partial charge >= 0.3 is 0 Å². The van der Waals surface area contributed by atoms with Crippen LogP contribution >= 0.6 is 11.8 Å². The third-order valence-electron chi connectivity index (χ3n) is 2.99. The zero-order valence-corrected chi connectivity index (χ0v) is 11.8. The van der Waals surface area contributed by atoms with Crippen molar-refractivity contribution < 1.29 is 0 Å². The summed E-state index contributed by atoms with van der Waals surface area (Å²) in [5.41, 5.74) is 7.78. The molecule has 3 rings (SSSR count). The molecule has 0 bridgehead atoms. The summed E-state index contributed by atoms with van der Waals surface area (Å²) in [6.45, 7) is 2.04. The highest BCUT2D eigenvalue weighted by atomic mass is 32.2. The molecule has 2 heterocycles. The number of hydrogen-bond acceptors (Lipinski definition) is 6. The van der Waals surface area contributed by atoms with Gasteiger partial charge in [-0.1, -0.05) is 25.1 Å². The van der Waals surface area contributed by atoms with E-state index >= 15 is 0 Å². The highest BCUT2D eigenvalue weighted by molar-refractivity contribution is 7.99. The Balaban J connectivity index is 2.08. The van der Waals surface area contributed by atoms with Crippen LogP contribution in [0, 0.1) is 0 Å². The lowest BCUT2D eigenvalue weighted by atomic mass is 10.2. The van der Waals surface area contributed by atoms with Crippen LogP contribution in [0.5, 0.6) is 0 Å². The SMILES string of the molecule is CCc1c(N)ncnc1Sc1ncnc2ccccc12. The van der Waals surface area contributed by atoms with E-state index in [4.69, 9.17) is 5.73 Å². The van der Waals surface area contributed by atoms with E-state index in [1.807, 2.05) is 31.2 Å². The first-order chi connectivity index (χ1) is 9.79. The molecule has 0 saturated carbocycles. The Morgan fingerprint density at radius 1 is 1.00 bits per heavy atom. The monoisotopic (exact) mass is 283 g/mol. The van der Waals surface area contributed by atoms with Gasteiger partial charge in [0.05, 0.1) is 5.52 Å². The lowest BCUT2D eigenvalue weighted by Gasteiger charge is -2.08. The molecule has 3 aromatic rings. The Hall–Kier alpha value is -2.21. The number of aromatic nitrogens is 4. The largest absolute Gasteiger partial charge is 0.383 e. The van der Waals surface area contributed by atoms with Crippen LogP contribution in [0.4, 0.5) is 5.82 Å². The molecule has 0 aliphatic heterocycles. The Morgan fingerprint density at radius 3 is 2.60 bits per heavy atom. The minimum Gasteiger partial charge on any atom is -0.383 e. The molecule has 0 atom stereocenters. The second-order valence-electron chi connectivity index (χ2n) is 4.19. The van der Waals surface area contributed by atoms with E-state index in [-0.39, 0.29) is 0 Å². The molecule has 100 valence electrons. The van der Waals surface area contributed by atoms with E-state index in [0.29, 0.717) is 5.82 Å².